The molecule has 1 unspecified atom stereocenters. The van der Waals surface area contributed by atoms with Gasteiger partial charge in [0.25, 0.3) is 5.91 Å². The maximum Gasteiger partial charge on any atom is 0.251 e. The van der Waals surface area contributed by atoms with Gasteiger partial charge in [-0.2, -0.15) is 0 Å². The molecular weight excluding hydrogens is 254 g/mol. The number of hydrogen-bond donors (Lipinski definition) is 1. The molecule has 20 heavy (non-hydrogen) atoms. The van der Waals surface area contributed by atoms with Gasteiger partial charge in [0.2, 0.25) is 0 Å². The summed E-state index contributed by atoms with van der Waals surface area (Å²) in [5.41, 5.74) is 1.92. The second kappa shape index (κ2) is 6.86. The number of rotatable bonds is 5. The molecule has 1 aromatic carbocycles. The Morgan fingerprint density at radius 3 is 2.00 bits per heavy atom. The lowest BCUT2D eigenvalue weighted by Gasteiger charge is -2.22. The molecule has 0 aliphatic rings. The van der Waals surface area contributed by atoms with Crippen LogP contribution >= 0.6 is 0 Å². The highest BCUT2D eigenvalue weighted by atomic mass is 16.7. The summed E-state index contributed by atoms with van der Waals surface area (Å²) in [5.74, 6) is -0.128. The first-order valence-corrected chi connectivity index (χ1v) is 6.76. The summed E-state index contributed by atoms with van der Waals surface area (Å²) in [6.45, 7) is 8.28. The Morgan fingerprint density at radius 1 is 1.10 bits per heavy atom. The molecule has 0 bridgehead atoms. The largest absolute Gasteiger partial charge is 0.354 e. The van der Waals surface area contributed by atoms with E-state index in [0.717, 1.165) is 0 Å². The van der Waals surface area contributed by atoms with Gasteiger partial charge >= 0.3 is 0 Å². The van der Waals surface area contributed by atoms with E-state index in [2.05, 4.69) is 26.1 Å². The standard InChI is InChI=1S/C16H25NO3/c1-11(15(19-5)20-6)17-14(18)12-7-9-13(10-8-12)16(2,3)4/h7-11,15H,1-6H3,(H,17,18). The maximum atomic E-state index is 12.1. The Bertz CT molecular complexity index is 430. The van der Waals surface area contributed by atoms with Crippen LogP contribution in [0.25, 0.3) is 0 Å². The third-order valence-electron chi connectivity index (χ3n) is 3.24. The summed E-state index contributed by atoms with van der Waals surface area (Å²) in [5, 5.41) is 2.87. The molecule has 1 aromatic rings. The van der Waals surface area contributed by atoms with Gasteiger partial charge in [0.15, 0.2) is 6.29 Å². The number of hydrogen-bond acceptors (Lipinski definition) is 3. The highest BCUT2D eigenvalue weighted by molar-refractivity contribution is 5.94. The number of amides is 1. The highest BCUT2D eigenvalue weighted by Crippen LogP contribution is 2.22. The minimum Gasteiger partial charge on any atom is -0.354 e. The smallest absolute Gasteiger partial charge is 0.251 e. The molecule has 0 radical (unpaired) electrons. The molecule has 4 heteroatoms. The molecule has 1 rings (SSSR count). The van der Waals surface area contributed by atoms with Crippen LogP contribution in [0.15, 0.2) is 24.3 Å². The summed E-state index contributed by atoms with van der Waals surface area (Å²) >= 11 is 0. The zero-order valence-electron chi connectivity index (χ0n) is 13.2. The quantitative estimate of drug-likeness (QED) is 0.843. The van der Waals surface area contributed by atoms with Gasteiger partial charge < -0.3 is 14.8 Å². The lowest BCUT2D eigenvalue weighted by atomic mass is 9.86. The molecule has 0 aromatic heterocycles. The summed E-state index contributed by atoms with van der Waals surface area (Å²) < 4.78 is 10.2. The zero-order chi connectivity index (χ0) is 15.3. The Labute approximate surface area is 121 Å². The molecule has 4 nitrogen and oxygen atoms in total. The average molecular weight is 279 g/mol. The second-order valence-electron chi connectivity index (χ2n) is 5.93. The van der Waals surface area contributed by atoms with Crippen LogP contribution in [0, 0.1) is 0 Å². The predicted octanol–water partition coefficient (Wildman–Crippen LogP) is 2.72. The topological polar surface area (TPSA) is 47.6 Å². The monoisotopic (exact) mass is 279 g/mol. The lowest BCUT2D eigenvalue weighted by molar-refractivity contribution is -0.117. The Balaban J connectivity index is 2.73. The van der Waals surface area contributed by atoms with E-state index in [1.54, 1.807) is 14.2 Å². The van der Waals surface area contributed by atoms with Crippen LogP contribution in [0.1, 0.15) is 43.6 Å². The molecule has 0 fully saturated rings. The molecule has 0 aliphatic heterocycles. The normalized spacial score (nSPS) is 13.3. The Hall–Kier alpha value is -1.39. The fraction of sp³-hybridized carbons (Fsp3) is 0.562. The van der Waals surface area contributed by atoms with E-state index >= 15 is 0 Å². The first-order chi connectivity index (χ1) is 9.29. The van der Waals surface area contributed by atoms with Gasteiger partial charge in [-0.1, -0.05) is 32.9 Å². The summed E-state index contributed by atoms with van der Waals surface area (Å²) in [7, 11) is 3.10. The number of methoxy groups -OCH3 is 2. The summed E-state index contributed by atoms with van der Waals surface area (Å²) in [6, 6.07) is 7.45. The minimum atomic E-state index is -0.451. The van der Waals surface area contributed by atoms with Gasteiger partial charge in [0.1, 0.15) is 0 Å². The Kier molecular flexibility index (Phi) is 5.72. The van der Waals surface area contributed by atoms with Gasteiger partial charge in [-0.05, 0) is 30.0 Å². The Morgan fingerprint density at radius 2 is 1.60 bits per heavy atom. The molecule has 1 amide bonds. The molecule has 0 spiro atoms. The van der Waals surface area contributed by atoms with Crippen molar-refractivity contribution in [3.05, 3.63) is 35.4 Å². The van der Waals surface area contributed by atoms with Crippen molar-refractivity contribution in [2.24, 2.45) is 0 Å². The van der Waals surface area contributed by atoms with Crippen molar-refractivity contribution in [1.29, 1.82) is 0 Å². The third kappa shape index (κ3) is 4.32. The van der Waals surface area contributed by atoms with Crippen LogP contribution in [0.4, 0.5) is 0 Å². The zero-order valence-corrected chi connectivity index (χ0v) is 13.2. The van der Waals surface area contributed by atoms with Gasteiger partial charge in [-0.15, -0.1) is 0 Å². The van der Waals surface area contributed by atoms with Crippen molar-refractivity contribution in [1.82, 2.24) is 5.32 Å². The molecule has 0 aliphatic carbocycles. The number of ether oxygens (including phenoxy) is 2. The van der Waals surface area contributed by atoms with E-state index in [4.69, 9.17) is 9.47 Å². The molecule has 0 heterocycles. The van der Waals surface area contributed by atoms with Crippen molar-refractivity contribution in [2.75, 3.05) is 14.2 Å². The van der Waals surface area contributed by atoms with Crippen molar-refractivity contribution in [3.63, 3.8) is 0 Å². The van der Waals surface area contributed by atoms with Crippen LogP contribution in [-0.2, 0) is 14.9 Å². The number of nitrogens with one attached hydrogen (secondary N) is 1. The summed E-state index contributed by atoms with van der Waals surface area (Å²) in [6.07, 6.45) is -0.451. The van der Waals surface area contributed by atoms with E-state index in [0.29, 0.717) is 5.56 Å². The van der Waals surface area contributed by atoms with Gasteiger partial charge in [-0.3, -0.25) is 4.79 Å². The first kappa shape index (κ1) is 16.7. The van der Waals surface area contributed by atoms with Crippen molar-refractivity contribution < 1.29 is 14.3 Å². The van der Waals surface area contributed by atoms with E-state index in [9.17, 15) is 4.79 Å². The minimum absolute atomic E-state index is 0.0828. The van der Waals surface area contributed by atoms with E-state index < -0.39 is 6.29 Å². The molecule has 0 saturated heterocycles. The van der Waals surface area contributed by atoms with E-state index in [1.807, 2.05) is 31.2 Å². The van der Waals surface area contributed by atoms with Crippen LogP contribution in [0.3, 0.4) is 0 Å². The van der Waals surface area contributed by atoms with Crippen LogP contribution in [-0.4, -0.2) is 32.5 Å². The molecule has 112 valence electrons. The molecule has 1 N–H and O–H groups in total. The fourth-order valence-corrected chi connectivity index (χ4v) is 1.98. The average Bonchev–Trinajstić information content (AvgIpc) is 2.39. The summed E-state index contributed by atoms with van der Waals surface area (Å²) in [4.78, 5) is 12.1. The van der Waals surface area contributed by atoms with Gasteiger partial charge in [-0.25, -0.2) is 0 Å². The van der Waals surface area contributed by atoms with Gasteiger partial charge in [0.05, 0.1) is 6.04 Å². The van der Waals surface area contributed by atoms with Gasteiger partial charge in [0, 0.05) is 19.8 Å². The maximum absolute atomic E-state index is 12.1. The van der Waals surface area contributed by atoms with Crippen molar-refractivity contribution in [3.8, 4) is 0 Å². The van der Waals surface area contributed by atoms with Crippen LogP contribution < -0.4 is 5.32 Å². The second-order valence-corrected chi connectivity index (χ2v) is 5.93. The van der Waals surface area contributed by atoms with Crippen molar-refractivity contribution >= 4 is 5.91 Å². The van der Waals surface area contributed by atoms with E-state index in [-0.39, 0.29) is 17.4 Å². The highest BCUT2D eigenvalue weighted by Gasteiger charge is 2.19. The first-order valence-electron chi connectivity index (χ1n) is 6.76. The molecular formula is C16H25NO3. The SMILES string of the molecule is COC(OC)C(C)NC(=O)c1ccc(C(C)(C)C)cc1. The number of benzene rings is 1. The van der Waals surface area contributed by atoms with Crippen LogP contribution in [0.2, 0.25) is 0 Å². The predicted molar refractivity (Wildman–Crippen MR) is 79.9 cm³/mol. The van der Waals surface area contributed by atoms with E-state index in [1.165, 1.54) is 5.56 Å². The molecule has 1 atom stereocenters. The fourth-order valence-electron chi connectivity index (χ4n) is 1.98. The number of carbonyl (C=O) groups excluding carboxylic acids is 1. The lowest BCUT2D eigenvalue weighted by Crippen LogP contribution is -2.42. The van der Waals surface area contributed by atoms with Crippen LogP contribution in [0.5, 0.6) is 0 Å². The number of carbonyl (C=O) groups is 1. The third-order valence-corrected chi connectivity index (χ3v) is 3.24. The van der Waals surface area contributed by atoms with Crippen molar-refractivity contribution in [2.45, 2.75) is 45.4 Å². The molecule has 0 saturated carbocycles.